The number of carbonyl (C=O) groups excluding carboxylic acids is 2. The standard InChI is InChI=1S/C20H20N4O3S/c1-13(25)14-3-2-4-15(11-14)21-19(26)22-16-5-6-17-18(12-16)28-20(23-17)24-7-9-27-10-8-24/h2-6,11-12H,7-10H2,1H3,(H2,21,22,26). The summed E-state index contributed by atoms with van der Waals surface area (Å²) in [7, 11) is 0. The second-order valence-electron chi connectivity index (χ2n) is 6.49. The van der Waals surface area contributed by atoms with Crippen LogP contribution >= 0.6 is 11.3 Å². The predicted molar refractivity (Wildman–Crippen MR) is 112 cm³/mol. The molecule has 1 saturated heterocycles. The Kier molecular flexibility index (Phi) is 5.23. The van der Waals surface area contributed by atoms with E-state index in [2.05, 4.69) is 20.5 Å². The van der Waals surface area contributed by atoms with Crippen molar-refractivity contribution in [2.75, 3.05) is 41.8 Å². The van der Waals surface area contributed by atoms with Crippen LogP contribution < -0.4 is 15.5 Å². The molecule has 0 saturated carbocycles. The Hall–Kier alpha value is -2.97. The molecule has 2 amide bonds. The van der Waals surface area contributed by atoms with Crippen molar-refractivity contribution in [1.82, 2.24) is 4.98 Å². The van der Waals surface area contributed by atoms with E-state index in [0.29, 0.717) is 30.2 Å². The van der Waals surface area contributed by atoms with E-state index < -0.39 is 0 Å². The number of thiazole rings is 1. The molecule has 0 atom stereocenters. The third-order valence-corrected chi connectivity index (χ3v) is 5.52. The molecular weight excluding hydrogens is 376 g/mol. The van der Waals surface area contributed by atoms with E-state index >= 15 is 0 Å². The third kappa shape index (κ3) is 4.13. The Morgan fingerprint density at radius 2 is 1.82 bits per heavy atom. The SMILES string of the molecule is CC(=O)c1cccc(NC(=O)Nc2ccc3nc(N4CCOCC4)sc3c2)c1. The smallest absolute Gasteiger partial charge is 0.323 e. The second kappa shape index (κ2) is 7.95. The number of nitrogens with one attached hydrogen (secondary N) is 2. The minimum atomic E-state index is -0.363. The van der Waals surface area contributed by atoms with Gasteiger partial charge in [0.25, 0.3) is 0 Å². The zero-order valence-corrected chi connectivity index (χ0v) is 16.2. The van der Waals surface area contributed by atoms with E-state index in [1.807, 2.05) is 18.2 Å². The molecule has 1 aliphatic heterocycles. The number of ketones is 1. The second-order valence-corrected chi connectivity index (χ2v) is 7.50. The molecule has 1 fully saturated rings. The Bertz CT molecular complexity index is 1030. The van der Waals surface area contributed by atoms with Gasteiger partial charge in [-0.05, 0) is 37.3 Å². The summed E-state index contributed by atoms with van der Waals surface area (Å²) in [6.45, 7) is 4.61. The van der Waals surface area contributed by atoms with Gasteiger partial charge in [-0.25, -0.2) is 9.78 Å². The van der Waals surface area contributed by atoms with E-state index in [1.54, 1.807) is 35.6 Å². The van der Waals surface area contributed by atoms with E-state index in [9.17, 15) is 9.59 Å². The zero-order chi connectivity index (χ0) is 19.5. The largest absolute Gasteiger partial charge is 0.378 e. The number of rotatable bonds is 4. The summed E-state index contributed by atoms with van der Waals surface area (Å²) in [5, 5.41) is 6.56. The van der Waals surface area contributed by atoms with Gasteiger partial charge in [0.2, 0.25) is 0 Å². The van der Waals surface area contributed by atoms with Crippen LogP contribution in [0.25, 0.3) is 10.2 Å². The quantitative estimate of drug-likeness (QED) is 0.652. The maximum atomic E-state index is 12.3. The number of hydrogen-bond donors (Lipinski definition) is 2. The van der Waals surface area contributed by atoms with E-state index in [-0.39, 0.29) is 11.8 Å². The molecule has 1 aliphatic rings. The van der Waals surface area contributed by atoms with Gasteiger partial charge in [0, 0.05) is 30.0 Å². The summed E-state index contributed by atoms with van der Waals surface area (Å²) in [5.41, 5.74) is 2.72. The fourth-order valence-electron chi connectivity index (χ4n) is 2.99. The van der Waals surface area contributed by atoms with Crippen LogP contribution in [-0.2, 0) is 4.74 Å². The molecule has 0 bridgehead atoms. The molecule has 0 spiro atoms. The van der Waals surface area contributed by atoms with Gasteiger partial charge in [0.1, 0.15) is 0 Å². The molecule has 2 aromatic carbocycles. The van der Waals surface area contributed by atoms with E-state index in [0.717, 1.165) is 28.4 Å². The molecule has 1 aromatic heterocycles. The molecule has 2 heterocycles. The number of aromatic nitrogens is 1. The first kappa shape index (κ1) is 18.4. The highest BCUT2D eigenvalue weighted by Gasteiger charge is 2.15. The third-order valence-electron chi connectivity index (χ3n) is 4.44. The van der Waals surface area contributed by atoms with Crippen molar-refractivity contribution in [3.63, 3.8) is 0 Å². The monoisotopic (exact) mass is 396 g/mol. The van der Waals surface area contributed by atoms with Crippen LogP contribution in [-0.4, -0.2) is 43.1 Å². The lowest BCUT2D eigenvalue weighted by Gasteiger charge is -2.25. The lowest BCUT2D eigenvalue weighted by molar-refractivity contribution is 0.101. The molecule has 8 heteroatoms. The van der Waals surface area contributed by atoms with Crippen LogP contribution in [0.3, 0.4) is 0 Å². The minimum Gasteiger partial charge on any atom is -0.378 e. The molecule has 3 aromatic rings. The van der Waals surface area contributed by atoms with Crippen molar-refractivity contribution in [2.24, 2.45) is 0 Å². The van der Waals surface area contributed by atoms with Crippen LogP contribution in [0.2, 0.25) is 0 Å². The average molecular weight is 396 g/mol. The maximum Gasteiger partial charge on any atom is 0.323 e. The van der Waals surface area contributed by atoms with Gasteiger partial charge in [0.15, 0.2) is 10.9 Å². The highest BCUT2D eigenvalue weighted by Crippen LogP contribution is 2.31. The summed E-state index contributed by atoms with van der Waals surface area (Å²) in [4.78, 5) is 30.7. The van der Waals surface area contributed by atoms with Crippen LogP contribution in [0.1, 0.15) is 17.3 Å². The fraction of sp³-hybridized carbons (Fsp3) is 0.250. The Morgan fingerprint density at radius 1 is 1.07 bits per heavy atom. The highest BCUT2D eigenvalue weighted by molar-refractivity contribution is 7.22. The van der Waals surface area contributed by atoms with E-state index in [1.165, 1.54) is 6.92 Å². The zero-order valence-electron chi connectivity index (χ0n) is 15.4. The number of Topliss-reactive ketones (excluding diaryl/α,β-unsaturated/α-hetero) is 1. The average Bonchev–Trinajstić information content (AvgIpc) is 3.12. The van der Waals surface area contributed by atoms with Crippen molar-refractivity contribution >= 4 is 49.9 Å². The summed E-state index contributed by atoms with van der Waals surface area (Å²) in [6.07, 6.45) is 0. The fourth-order valence-corrected chi connectivity index (χ4v) is 4.05. The summed E-state index contributed by atoms with van der Waals surface area (Å²) < 4.78 is 6.40. The number of morpholine rings is 1. The van der Waals surface area contributed by atoms with Crippen LogP contribution in [0.5, 0.6) is 0 Å². The first-order chi connectivity index (χ1) is 13.6. The molecule has 0 aliphatic carbocycles. The van der Waals surface area contributed by atoms with Crippen LogP contribution in [0.4, 0.5) is 21.3 Å². The molecule has 7 nitrogen and oxygen atoms in total. The summed E-state index contributed by atoms with van der Waals surface area (Å²) >= 11 is 1.60. The van der Waals surface area contributed by atoms with E-state index in [4.69, 9.17) is 4.74 Å². The number of amides is 2. The Labute approximate surface area is 166 Å². The van der Waals surface area contributed by atoms with Gasteiger partial charge in [0.05, 0.1) is 23.4 Å². The number of hydrogen-bond acceptors (Lipinski definition) is 6. The first-order valence-corrected chi connectivity index (χ1v) is 9.82. The Morgan fingerprint density at radius 3 is 2.57 bits per heavy atom. The molecule has 28 heavy (non-hydrogen) atoms. The van der Waals surface area contributed by atoms with Crippen molar-refractivity contribution in [3.05, 3.63) is 48.0 Å². The van der Waals surface area contributed by atoms with Crippen LogP contribution in [0, 0.1) is 0 Å². The van der Waals surface area contributed by atoms with Crippen molar-refractivity contribution in [1.29, 1.82) is 0 Å². The molecule has 144 valence electrons. The predicted octanol–water partition coefficient (Wildman–Crippen LogP) is 3.98. The molecule has 0 radical (unpaired) electrons. The van der Waals surface area contributed by atoms with Crippen molar-refractivity contribution < 1.29 is 14.3 Å². The molecule has 4 rings (SSSR count). The van der Waals surface area contributed by atoms with Gasteiger partial charge in [-0.2, -0.15) is 0 Å². The molecule has 0 unspecified atom stereocenters. The summed E-state index contributed by atoms with van der Waals surface area (Å²) in [5.74, 6) is -0.0456. The molecular formula is C20H20N4O3S. The number of ether oxygens (including phenoxy) is 1. The van der Waals surface area contributed by atoms with Crippen LogP contribution in [0.15, 0.2) is 42.5 Å². The topological polar surface area (TPSA) is 83.6 Å². The lowest BCUT2D eigenvalue weighted by Crippen LogP contribution is -2.36. The lowest BCUT2D eigenvalue weighted by atomic mass is 10.1. The Balaban J connectivity index is 1.46. The molecule has 2 N–H and O–H groups in total. The van der Waals surface area contributed by atoms with Gasteiger partial charge in [-0.3, -0.25) is 4.79 Å². The normalized spacial score (nSPS) is 14.1. The highest BCUT2D eigenvalue weighted by atomic mass is 32.1. The minimum absolute atomic E-state index is 0.0456. The summed E-state index contributed by atoms with van der Waals surface area (Å²) in [6, 6.07) is 12.1. The maximum absolute atomic E-state index is 12.3. The van der Waals surface area contributed by atoms with Gasteiger partial charge in [-0.15, -0.1) is 0 Å². The number of anilines is 3. The number of benzene rings is 2. The van der Waals surface area contributed by atoms with Gasteiger partial charge >= 0.3 is 6.03 Å². The number of fused-ring (bicyclic) bond motifs is 1. The van der Waals surface area contributed by atoms with Gasteiger partial charge in [-0.1, -0.05) is 23.5 Å². The van der Waals surface area contributed by atoms with Crippen molar-refractivity contribution in [3.8, 4) is 0 Å². The van der Waals surface area contributed by atoms with Gasteiger partial charge < -0.3 is 20.3 Å². The number of carbonyl (C=O) groups is 2. The number of urea groups is 1. The van der Waals surface area contributed by atoms with Crippen molar-refractivity contribution in [2.45, 2.75) is 6.92 Å². The first-order valence-electron chi connectivity index (χ1n) is 9.01. The number of nitrogens with zero attached hydrogens (tertiary/aromatic N) is 2.